The fourth-order valence-electron chi connectivity index (χ4n) is 4.94. The average molecular weight is 455 g/mol. The van der Waals surface area contributed by atoms with Gasteiger partial charge in [-0.3, -0.25) is 9.36 Å². The van der Waals surface area contributed by atoms with Crippen LogP contribution in [-0.2, 0) is 10.2 Å². The molecule has 1 unspecified atom stereocenters. The molecule has 2 aliphatic rings. The number of benzene rings is 1. The van der Waals surface area contributed by atoms with Crippen molar-refractivity contribution in [1.82, 2.24) is 20.1 Å². The zero-order chi connectivity index (χ0) is 22.7. The number of carbonyl (C=O) groups excluding carboxylic acids is 1. The van der Waals surface area contributed by atoms with Crippen molar-refractivity contribution in [1.29, 1.82) is 0 Å². The van der Waals surface area contributed by atoms with Gasteiger partial charge in [-0.15, -0.1) is 10.2 Å². The van der Waals surface area contributed by atoms with Crippen LogP contribution in [0.15, 0.2) is 29.4 Å². The van der Waals surface area contributed by atoms with Crippen molar-refractivity contribution in [2.24, 2.45) is 0 Å². The summed E-state index contributed by atoms with van der Waals surface area (Å²) in [5.74, 6) is 1.06. The Morgan fingerprint density at radius 3 is 2.25 bits per heavy atom. The second-order valence-corrected chi connectivity index (χ2v) is 11.9. The number of amides is 1. The zero-order valence-corrected chi connectivity index (χ0v) is 20.9. The summed E-state index contributed by atoms with van der Waals surface area (Å²) in [6, 6.07) is 9.52. The molecular formula is C26H38N4OS. The molecule has 1 atom stereocenters. The third-order valence-electron chi connectivity index (χ3n) is 6.97. The average Bonchev–Trinajstić information content (AvgIpc) is 3.44. The minimum absolute atomic E-state index is 0.121. The van der Waals surface area contributed by atoms with Crippen LogP contribution >= 0.6 is 11.8 Å². The molecule has 1 heterocycles. The van der Waals surface area contributed by atoms with Crippen LogP contribution in [0.4, 0.5) is 0 Å². The third-order valence-corrected chi connectivity index (χ3v) is 8.02. The van der Waals surface area contributed by atoms with Crippen molar-refractivity contribution in [3.63, 3.8) is 0 Å². The van der Waals surface area contributed by atoms with Crippen LogP contribution in [0.2, 0.25) is 0 Å². The highest BCUT2D eigenvalue weighted by Gasteiger charge is 2.28. The Hall–Kier alpha value is -1.82. The summed E-state index contributed by atoms with van der Waals surface area (Å²) in [5, 5.41) is 13.2. The first-order chi connectivity index (χ1) is 15.3. The molecule has 2 fully saturated rings. The number of hydrogen-bond donors (Lipinski definition) is 1. The first-order valence-corrected chi connectivity index (χ1v) is 13.2. The van der Waals surface area contributed by atoms with Crippen LogP contribution in [0.1, 0.15) is 97.1 Å². The van der Waals surface area contributed by atoms with E-state index >= 15 is 0 Å². The number of nitrogens with one attached hydrogen (secondary N) is 1. The van der Waals surface area contributed by atoms with E-state index in [0.29, 0.717) is 12.1 Å². The van der Waals surface area contributed by atoms with Crippen molar-refractivity contribution < 1.29 is 4.79 Å². The van der Waals surface area contributed by atoms with Gasteiger partial charge < -0.3 is 5.32 Å². The molecule has 0 spiro atoms. The van der Waals surface area contributed by atoms with E-state index in [9.17, 15) is 4.79 Å². The maximum absolute atomic E-state index is 12.8. The summed E-state index contributed by atoms with van der Waals surface area (Å²) in [7, 11) is 0. The first-order valence-electron chi connectivity index (χ1n) is 12.4. The predicted octanol–water partition coefficient (Wildman–Crippen LogP) is 6.29. The molecule has 32 heavy (non-hydrogen) atoms. The number of rotatable bonds is 6. The highest BCUT2D eigenvalue weighted by molar-refractivity contribution is 8.00. The number of aromatic nitrogens is 3. The molecule has 0 aliphatic heterocycles. The molecule has 0 bridgehead atoms. The molecular weight excluding hydrogens is 416 g/mol. The van der Waals surface area contributed by atoms with E-state index in [1.165, 1.54) is 37.7 Å². The van der Waals surface area contributed by atoms with E-state index in [1.807, 2.05) is 6.92 Å². The summed E-state index contributed by atoms with van der Waals surface area (Å²) >= 11 is 1.56. The molecule has 1 aromatic heterocycles. The maximum Gasteiger partial charge on any atom is 0.233 e. The van der Waals surface area contributed by atoms with E-state index in [1.54, 1.807) is 11.8 Å². The van der Waals surface area contributed by atoms with Crippen molar-refractivity contribution >= 4 is 17.7 Å². The Morgan fingerprint density at radius 1 is 1.00 bits per heavy atom. The Kier molecular flexibility index (Phi) is 7.28. The zero-order valence-electron chi connectivity index (χ0n) is 20.1. The second-order valence-electron chi connectivity index (χ2n) is 10.5. The fraction of sp³-hybridized carbons (Fsp3) is 0.654. The van der Waals surface area contributed by atoms with Gasteiger partial charge in [-0.05, 0) is 43.6 Å². The molecule has 0 saturated heterocycles. The van der Waals surface area contributed by atoms with E-state index in [2.05, 4.69) is 65.1 Å². The Bertz CT molecular complexity index is 903. The van der Waals surface area contributed by atoms with Crippen LogP contribution in [0.3, 0.4) is 0 Å². The Labute approximate surface area is 197 Å². The second kappa shape index (κ2) is 9.98. The molecule has 1 amide bonds. The molecule has 5 nitrogen and oxygen atoms in total. The minimum Gasteiger partial charge on any atom is -0.352 e. The van der Waals surface area contributed by atoms with Gasteiger partial charge in [0.2, 0.25) is 5.91 Å². The number of carbonyl (C=O) groups is 1. The molecule has 2 saturated carbocycles. The van der Waals surface area contributed by atoms with Gasteiger partial charge in [0.15, 0.2) is 11.0 Å². The summed E-state index contributed by atoms with van der Waals surface area (Å²) in [6.45, 7) is 8.70. The van der Waals surface area contributed by atoms with Crippen LogP contribution in [0, 0.1) is 0 Å². The summed E-state index contributed by atoms with van der Waals surface area (Å²) in [6.07, 6.45) is 10.8. The Balaban J connectivity index is 1.58. The third kappa shape index (κ3) is 5.38. The summed E-state index contributed by atoms with van der Waals surface area (Å²) in [5.41, 5.74) is 2.54. The van der Waals surface area contributed by atoms with E-state index in [-0.39, 0.29) is 16.6 Å². The van der Waals surface area contributed by atoms with E-state index in [0.717, 1.165) is 42.2 Å². The topological polar surface area (TPSA) is 59.8 Å². The van der Waals surface area contributed by atoms with Crippen molar-refractivity contribution in [3.05, 3.63) is 29.8 Å². The molecule has 2 aromatic rings. The standard InChI is InChI=1S/C26H38N4OS/c1-18(24(31)27-21-10-8-9-11-21)32-25-29-28-23(30(25)22-12-6-5-7-13-22)19-14-16-20(17-15-19)26(2,3)4/h14-18,21-22H,5-13H2,1-4H3,(H,27,31). The van der Waals surface area contributed by atoms with Crippen molar-refractivity contribution in [2.75, 3.05) is 0 Å². The largest absolute Gasteiger partial charge is 0.352 e. The summed E-state index contributed by atoms with van der Waals surface area (Å²) in [4.78, 5) is 12.8. The maximum atomic E-state index is 12.8. The lowest BCUT2D eigenvalue weighted by atomic mass is 9.86. The molecule has 6 heteroatoms. The van der Waals surface area contributed by atoms with Crippen LogP contribution in [0.25, 0.3) is 11.4 Å². The van der Waals surface area contributed by atoms with Gasteiger partial charge in [-0.1, -0.05) is 88.9 Å². The van der Waals surface area contributed by atoms with Crippen molar-refractivity contribution in [2.45, 2.75) is 113 Å². The highest BCUT2D eigenvalue weighted by Crippen LogP contribution is 2.37. The number of nitrogens with zero attached hydrogens (tertiary/aromatic N) is 3. The van der Waals surface area contributed by atoms with E-state index < -0.39 is 0 Å². The van der Waals surface area contributed by atoms with Crippen LogP contribution in [0.5, 0.6) is 0 Å². The molecule has 1 aromatic carbocycles. The number of hydrogen-bond acceptors (Lipinski definition) is 4. The number of thioether (sulfide) groups is 1. The smallest absolute Gasteiger partial charge is 0.233 e. The quantitative estimate of drug-likeness (QED) is 0.521. The van der Waals surface area contributed by atoms with Crippen LogP contribution in [-0.4, -0.2) is 32.0 Å². The van der Waals surface area contributed by atoms with Crippen LogP contribution < -0.4 is 5.32 Å². The molecule has 1 N–H and O–H groups in total. The Morgan fingerprint density at radius 2 is 1.62 bits per heavy atom. The lowest BCUT2D eigenvalue weighted by Gasteiger charge is -2.26. The van der Waals surface area contributed by atoms with Gasteiger partial charge in [0.05, 0.1) is 5.25 Å². The van der Waals surface area contributed by atoms with Gasteiger partial charge in [-0.25, -0.2) is 0 Å². The van der Waals surface area contributed by atoms with Gasteiger partial charge in [0.25, 0.3) is 0 Å². The SMILES string of the molecule is CC(Sc1nnc(-c2ccc(C(C)(C)C)cc2)n1C1CCCCC1)C(=O)NC1CCCC1. The van der Waals surface area contributed by atoms with E-state index in [4.69, 9.17) is 0 Å². The summed E-state index contributed by atoms with van der Waals surface area (Å²) < 4.78 is 2.33. The molecule has 2 aliphatic carbocycles. The molecule has 174 valence electrons. The predicted molar refractivity (Wildman–Crippen MR) is 132 cm³/mol. The highest BCUT2D eigenvalue weighted by atomic mass is 32.2. The molecule has 0 radical (unpaired) electrons. The van der Waals surface area contributed by atoms with Gasteiger partial charge in [0.1, 0.15) is 0 Å². The lowest BCUT2D eigenvalue weighted by Crippen LogP contribution is -2.37. The van der Waals surface area contributed by atoms with Gasteiger partial charge in [0, 0.05) is 17.6 Å². The molecule has 4 rings (SSSR count). The monoisotopic (exact) mass is 454 g/mol. The normalized spacial score (nSPS) is 19.2. The van der Waals surface area contributed by atoms with Gasteiger partial charge >= 0.3 is 0 Å². The minimum atomic E-state index is -0.182. The lowest BCUT2D eigenvalue weighted by molar-refractivity contribution is -0.120. The van der Waals surface area contributed by atoms with Gasteiger partial charge in [-0.2, -0.15) is 0 Å². The first kappa shape index (κ1) is 23.3. The fourth-order valence-corrected chi connectivity index (χ4v) is 5.87. The van der Waals surface area contributed by atoms with Crippen molar-refractivity contribution in [3.8, 4) is 11.4 Å².